The molecule has 1 aliphatic heterocycles. The second-order valence-electron chi connectivity index (χ2n) is 8.46. The number of esters is 1. The van der Waals surface area contributed by atoms with E-state index in [-0.39, 0.29) is 11.4 Å². The molecule has 0 amide bonds. The van der Waals surface area contributed by atoms with Gasteiger partial charge in [-0.2, -0.15) is 0 Å². The molecule has 2 unspecified atom stereocenters. The normalized spacial score (nSPS) is 20.4. The summed E-state index contributed by atoms with van der Waals surface area (Å²) < 4.78 is 12.9. The van der Waals surface area contributed by atoms with E-state index in [1.54, 1.807) is 19.2 Å². The molecule has 0 aromatic carbocycles. The lowest BCUT2D eigenvalue weighted by Crippen LogP contribution is -2.32. The lowest BCUT2D eigenvalue weighted by molar-refractivity contribution is -0.0591. The number of nitrogens with zero attached hydrogens (tertiary/aromatic N) is 5. The Morgan fingerprint density at radius 2 is 2.12 bits per heavy atom. The van der Waals surface area contributed by atoms with Crippen LogP contribution in [-0.2, 0) is 22.4 Å². The zero-order valence-electron chi connectivity index (χ0n) is 18.5. The molecule has 4 heterocycles. The van der Waals surface area contributed by atoms with Gasteiger partial charge in [0.15, 0.2) is 11.3 Å². The maximum Gasteiger partial charge on any atom is 0.357 e. The molecule has 0 saturated carbocycles. The van der Waals surface area contributed by atoms with Gasteiger partial charge in [-0.1, -0.05) is 6.08 Å². The maximum absolute atomic E-state index is 12.2. The van der Waals surface area contributed by atoms with Gasteiger partial charge in [0.05, 0.1) is 24.9 Å². The molecule has 9 heteroatoms. The van der Waals surface area contributed by atoms with Crippen molar-refractivity contribution in [2.45, 2.75) is 51.7 Å². The average Bonchev–Trinajstić information content (AvgIpc) is 3.13. The van der Waals surface area contributed by atoms with Gasteiger partial charge in [-0.05, 0) is 73.9 Å². The molecule has 0 spiro atoms. The van der Waals surface area contributed by atoms with E-state index in [1.807, 2.05) is 12.1 Å². The van der Waals surface area contributed by atoms with Gasteiger partial charge in [0.2, 0.25) is 5.28 Å². The SMILES string of the molecule is CCOC(=O)c1ccc2nc(CC3CC=C(c4ccnc(Cl)n4)CC3)n(CC3CCO3)c2n1. The third-order valence-corrected chi connectivity index (χ3v) is 6.46. The van der Waals surface area contributed by atoms with Crippen LogP contribution in [0.15, 0.2) is 30.5 Å². The molecule has 0 bridgehead atoms. The molecule has 2 atom stereocenters. The minimum absolute atomic E-state index is 0.162. The summed E-state index contributed by atoms with van der Waals surface area (Å²) in [7, 11) is 0. The summed E-state index contributed by atoms with van der Waals surface area (Å²) in [6.45, 7) is 3.59. The summed E-state index contributed by atoms with van der Waals surface area (Å²) in [5.41, 5.74) is 3.93. The highest BCUT2D eigenvalue weighted by atomic mass is 35.5. The second kappa shape index (κ2) is 9.57. The van der Waals surface area contributed by atoms with Crippen molar-refractivity contribution in [3.63, 3.8) is 0 Å². The minimum atomic E-state index is -0.414. The van der Waals surface area contributed by atoms with Crippen LogP contribution in [0.3, 0.4) is 0 Å². The second-order valence-corrected chi connectivity index (χ2v) is 8.80. The molecule has 1 aliphatic carbocycles. The van der Waals surface area contributed by atoms with Gasteiger partial charge >= 0.3 is 5.97 Å². The number of rotatable bonds is 7. The number of ether oxygens (including phenoxy) is 2. The van der Waals surface area contributed by atoms with E-state index < -0.39 is 5.97 Å². The van der Waals surface area contributed by atoms with Crippen molar-refractivity contribution in [1.29, 1.82) is 0 Å². The molecule has 3 aromatic rings. The summed E-state index contributed by atoms with van der Waals surface area (Å²) in [6.07, 6.45) is 8.90. The third-order valence-electron chi connectivity index (χ3n) is 6.28. The number of allylic oxidation sites excluding steroid dienone is 2. The average molecular weight is 468 g/mol. The third kappa shape index (κ3) is 4.77. The number of halogens is 1. The highest BCUT2D eigenvalue weighted by Gasteiger charge is 2.25. The van der Waals surface area contributed by atoms with Crippen LogP contribution in [-0.4, -0.2) is 49.8 Å². The van der Waals surface area contributed by atoms with Gasteiger partial charge in [-0.15, -0.1) is 0 Å². The van der Waals surface area contributed by atoms with E-state index in [4.69, 9.17) is 26.1 Å². The number of carbonyl (C=O) groups excluding carboxylic acids is 1. The van der Waals surface area contributed by atoms with E-state index in [1.165, 1.54) is 5.57 Å². The number of fused-ring (bicyclic) bond motifs is 1. The molecule has 172 valence electrons. The minimum Gasteiger partial charge on any atom is -0.461 e. The van der Waals surface area contributed by atoms with Gasteiger partial charge in [-0.3, -0.25) is 0 Å². The Morgan fingerprint density at radius 3 is 2.82 bits per heavy atom. The number of imidazole rings is 1. The highest BCUT2D eigenvalue weighted by Crippen LogP contribution is 2.32. The van der Waals surface area contributed by atoms with Crippen LogP contribution < -0.4 is 0 Å². The number of hydrogen-bond donors (Lipinski definition) is 0. The first-order valence-corrected chi connectivity index (χ1v) is 11.8. The molecule has 1 fully saturated rings. The Morgan fingerprint density at radius 1 is 1.24 bits per heavy atom. The first-order valence-electron chi connectivity index (χ1n) is 11.4. The van der Waals surface area contributed by atoms with Crippen molar-refractivity contribution in [2.24, 2.45) is 5.92 Å². The van der Waals surface area contributed by atoms with Crippen molar-refractivity contribution >= 4 is 34.3 Å². The molecular weight excluding hydrogens is 442 g/mol. The predicted octanol–water partition coefficient (Wildman–Crippen LogP) is 4.27. The lowest BCUT2D eigenvalue weighted by Gasteiger charge is -2.28. The van der Waals surface area contributed by atoms with E-state index in [2.05, 4.69) is 25.6 Å². The summed E-state index contributed by atoms with van der Waals surface area (Å²) in [5, 5.41) is 0.275. The zero-order valence-corrected chi connectivity index (χ0v) is 19.3. The molecule has 5 rings (SSSR count). The van der Waals surface area contributed by atoms with Crippen molar-refractivity contribution < 1.29 is 14.3 Å². The van der Waals surface area contributed by atoms with Gasteiger partial charge in [-0.25, -0.2) is 24.7 Å². The van der Waals surface area contributed by atoms with Crippen LogP contribution in [0.2, 0.25) is 5.28 Å². The molecule has 3 aromatic heterocycles. The van der Waals surface area contributed by atoms with Crippen LogP contribution in [0.1, 0.15) is 54.6 Å². The molecular formula is C24H26ClN5O3. The quantitative estimate of drug-likeness (QED) is 0.378. The molecule has 2 aliphatic rings. The Bertz CT molecular complexity index is 1200. The molecule has 8 nitrogen and oxygen atoms in total. The first-order chi connectivity index (χ1) is 16.1. The Hall–Kier alpha value is -2.84. The largest absolute Gasteiger partial charge is 0.461 e. The smallest absolute Gasteiger partial charge is 0.357 e. The highest BCUT2D eigenvalue weighted by molar-refractivity contribution is 6.28. The molecule has 1 saturated heterocycles. The Balaban J connectivity index is 1.39. The van der Waals surface area contributed by atoms with Gasteiger partial charge in [0, 0.05) is 19.2 Å². The number of hydrogen-bond acceptors (Lipinski definition) is 7. The first kappa shape index (κ1) is 22.0. The summed E-state index contributed by atoms with van der Waals surface area (Å²) in [6, 6.07) is 5.45. The summed E-state index contributed by atoms with van der Waals surface area (Å²) in [4.78, 5) is 30.0. The van der Waals surface area contributed by atoms with Crippen molar-refractivity contribution in [3.8, 4) is 0 Å². The standard InChI is InChI=1S/C24H26ClN5O3/c1-2-32-23(31)20-8-7-19-22(28-20)30(14-17-10-12-33-17)21(27-19)13-15-3-5-16(6-4-15)18-9-11-26-24(25)29-18/h5,7-9,11,15,17H,2-4,6,10,12-14H2,1H3. The topological polar surface area (TPSA) is 92.0 Å². The van der Waals surface area contributed by atoms with E-state index in [0.29, 0.717) is 30.4 Å². The van der Waals surface area contributed by atoms with E-state index in [9.17, 15) is 4.79 Å². The summed E-state index contributed by atoms with van der Waals surface area (Å²) >= 11 is 5.96. The Kier molecular flexibility index (Phi) is 6.37. The van der Waals surface area contributed by atoms with Crippen LogP contribution in [0.25, 0.3) is 16.7 Å². The molecule has 0 radical (unpaired) electrons. The van der Waals surface area contributed by atoms with Crippen molar-refractivity contribution in [1.82, 2.24) is 24.5 Å². The maximum atomic E-state index is 12.2. The van der Waals surface area contributed by atoms with Crippen LogP contribution in [0.4, 0.5) is 0 Å². The van der Waals surface area contributed by atoms with Gasteiger partial charge < -0.3 is 14.0 Å². The fraction of sp³-hybridized carbons (Fsp3) is 0.458. The van der Waals surface area contributed by atoms with Gasteiger partial charge in [0.25, 0.3) is 0 Å². The summed E-state index contributed by atoms with van der Waals surface area (Å²) in [5.74, 6) is 1.04. The number of pyridine rings is 1. The van der Waals surface area contributed by atoms with E-state index in [0.717, 1.165) is 55.7 Å². The molecule has 33 heavy (non-hydrogen) atoms. The van der Waals surface area contributed by atoms with Gasteiger partial charge in [0.1, 0.15) is 11.3 Å². The van der Waals surface area contributed by atoms with E-state index >= 15 is 0 Å². The monoisotopic (exact) mass is 467 g/mol. The predicted molar refractivity (Wildman–Crippen MR) is 124 cm³/mol. The van der Waals surface area contributed by atoms with Crippen LogP contribution >= 0.6 is 11.6 Å². The molecule has 0 N–H and O–H groups in total. The number of carbonyl (C=O) groups is 1. The van der Waals surface area contributed by atoms with Crippen molar-refractivity contribution in [2.75, 3.05) is 13.2 Å². The fourth-order valence-corrected chi connectivity index (χ4v) is 4.57. The lowest BCUT2D eigenvalue weighted by atomic mass is 9.86. The fourth-order valence-electron chi connectivity index (χ4n) is 4.43. The van der Waals surface area contributed by atoms with Crippen molar-refractivity contribution in [3.05, 3.63) is 53.0 Å². The Labute approximate surface area is 197 Å². The number of aromatic nitrogens is 5. The van der Waals surface area contributed by atoms with Crippen LogP contribution in [0, 0.1) is 5.92 Å². The van der Waals surface area contributed by atoms with Crippen LogP contribution in [0.5, 0.6) is 0 Å². The zero-order chi connectivity index (χ0) is 22.8.